The molecule has 0 atom stereocenters. The van der Waals surface area contributed by atoms with Gasteiger partial charge in [-0.2, -0.15) is 5.26 Å². The lowest BCUT2D eigenvalue weighted by atomic mass is 10.1. The summed E-state index contributed by atoms with van der Waals surface area (Å²) in [5.41, 5.74) is 5.10. The normalized spacial score (nSPS) is 10.2. The zero-order valence-corrected chi connectivity index (χ0v) is 14.9. The summed E-state index contributed by atoms with van der Waals surface area (Å²) in [6.07, 6.45) is 1.73. The molecule has 0 saturated carbocycles. The third kappa shape index (κ3) is 4.37. The van der Waals surface area contributed by atoms with E-state index >= 15 is 0 Å². The van der Waals surface area contributed by atoms with Gasteiger partial charge in [-0.1, -0.05) is 30.3 Å². The molecule has 0 saturated heterocycles. The molecule has 0 unspecified atom stereocenters. The van der Waals surface area contributed by atoms with Crippen LogP contribution in [0.2, 0.25) is 0 Å². The van der Waals surface area contributed by atoms with E-state index in [0.717, 1.165) is 28.2 Å². The van der Waals surface area contributed by atoms with Gasteiger partial charge in [-0.05, 0) is 37.1 Å². The predicted octanol–water partition coefficient (Wildman–Crippen LogP) is 4.16. The predicted molar refractivity (Wildman–Crippen MR) is 101 cm³/mol. The number of rotatable bonds is 6. The number of aromatic nitrogens is 2. The van der Waals surface area contributed by atoms with Gasteiger partial charge < -0.3 is 10.1 Å². The monoisotopic (exact) mass is 344 g/mol. The fourth-order valence-electron chi connectivity index (χ4n) is 2.68. The van der Waals surface area contributed by atoms with Crippen molar-refractivity contribution in [1.29, 1.82) is 5.26 Å². The molecule has 5 heteroatoms. The van der Waals surface area contributed by atoms with E-state index in [1.54, 1.807) is 6.20 Å². The Balaban J connectivity index is 1.67. The maximum Gasteiger partial charge on any atom is 0.213 e. The third-order valence-corrected chi connectivity index (χ3v) is 3.95. The number of nitrogens with one attached hydrogen (secondary N) is 1. The van der Waals surface area contributed by atoms with Crippen LogP contribution in [0.15, 0.2) is 54.7 Å². The Labute approximate surface area is 153 Å². The van der Waals surface area contributed by atoms with Crippen LogP contribution in [0.25, 0.3) is 0 Å². The summed E-state index contributed by atoms with van der Waals surface area (Å²) in [5.74, 6) is 0.579. The average Bonchev–Trinajstić information content (AvgIpc) is 2.65. The summed E-state index contributed by atoms with van der Waals surface area (Å²) in [6, 6.07) is 17.9. The van der Waals surface area contributed by atoms with E-state index in [1.807, 2.05) is 62.4 Å². The number of benzene rings is 1. The molecule has 0 spiro atoms. The fraction of sp³-hybridized carbons (Fsp3) is 0.190. The molecule has 0 amide bonds. The van der Waals surface area contributed by atoms with E-state index in [2.05, 4.69) is 21.4 Å². The number of hydrogen-bond acceptors (Lipinski definition) is 5. The molecule has 5 nitrogen and oxygen atoms in total. The van der Waals surface area contributed by atoms with Crippen molar-refractivity contribution in [2.45, 2.75) is 27.0 Å². The fourth-order valence-corrected chi connectivity index (χ4v) is 2.68. The lowest BCUT2D eigenvalue weighted by Gasteiger charge is -2.12. The second-order valence-electron chi connectivity index (χ2n) is 6.01. The molecule has 3 aromatic rings. The molecule has 0 bridgehead atoms. The highest BCUT2D eigenvalue weighted by Gasteiger charge is 2.08. The first-order valence-corrected chi connectivity index (χ1v) is 8.39. The molecule has 0 radical (unpaired) electrons. The minimum Gasteiger partial charge on any atom is -0.473 e. The Morgan fingerprint density at radius 1 is 1.08 bits per heavy atom. The van der Waals surface area contributed by atoms with Crippen molar-refractivity contribution in [3.63, 3.8) is 0 Å². The number of hydrogen-bond donors (Lipinski definition) is 1. The molecule has 0 aliphatic heterocycles. The summed E-state index contributed by atoms with van der Waals surface area (Å²) in [6.45, 7) is 4.81. The summed E-state index contributed by atoms with van der Waals surface area (Å²) in [4.78, 5) is 8.59. The van der Waals surface area contributed by atoms with E-state index in [1.165, 1.54) is 0 Å². The second-order valence-corrected chi connectivity index (χ2v) is 6.01. The van der Waals surface area contributed by atoms with Gasteiger partial charge in [-0.25, -0.2) is 4.98 Å². The Bertz CT molecular complexity index is 932. The van der Waals surface area contributed by atoms with Gasteiger partial charge in [0.05, 0.1) is 16.9 Å². The second kappa shape index (κ2) is 8.13. The highest BCUT2D eigenvalue weighted by Crippen LogP contribution is 2.20. The van der Waals surface area contributed by atoms with Gasteiger partial charge in [0.2, 0.25) is 5.88 Å². The summed E-state index contributed by atoms with van der Waals surface area (Å²) in [7, 11) is 0. The molecular weight excluding hydrogens is 324 g/mol. The van der Waals surface area contributed by atoms with Gasteiger partial charge >= 0.3 is 0 Å². The molecule has 130 valence electrons. The van der Waals surface area contributed by atoms with Gasteiger partial charge in [0.1, 0.15) is 12.7 Å². The molecule has 3 rings (SSSR count). The van der Waals surface area contributed by atoms with Gasteiger partial charge in [-0.3, -0.25) is 4.98 Å². The lowest BCUT2D eigenvalue weighted by Crippen LogP contribution is -2.05. The molecule has 2 heterocycles. The van der Waals surface area contributed by atoms with Crippen molar-refractivity contribution < 1.29 is 4.74 Å². The van der Waals surface area contributed by atoms with E-state index in [9.17, 15) is 5.26 Å². The molecular formula is C21H20N4O. The molecule has 26 heavy (non-hydrogen) atoms. The molecule has 1 aromatic carbocycles. The van der Waals surface area contributed by atoms with Gasteiger partial charge in [0.15, 0.2) is 0 Å². The van der Waals surface area contributed by atoms with Crippen LogP contribution >= 0.6 is 0 Å². The number of anilines is 1. The minimum absolute atomic E-state index is 0.478. The SMILES string of the molecule is Cc1cc(NCc2ccnc(OCc3ccccc3)c2)c(C#N)c(C)n1. The number of pyridine rings is 2. The molecule has 0 aliphatic rings. The Kier molecular flexibility index (Phi) is 5.45. The van der Waals surface area contributed by atoms with Crippen molar-refractivity contribution in [2.75, 3.05) is 5.32 Å². The molecule has 0 fully saturated rings. The maximum atomic E-state index is 9.35. The zero-order chi connectivity index (χ0) is 18.4. The number of nitrogens with zero attached hydrogens (tertiary/aromatic N) is 3. The average molecular weight is 344 g/mol. The van der Waals surface area contributed by atoms with Crippen molar-refractivity contribution >= 4 is 5.69 Å². The highest BCUT2D eigenvalue weighted by atomic mass is 16.5. The van der Waals surface area contributed by atoms with E-state index in [4.69, 9.17) is 4.74 Å². The lowest BCUT2D eigenvalue weighted by molar-refractivity contribution is 0.293. The Morgan fingerprint density at radius 2 is 1.88 bits per heavy atom. The first-order valence-electron chi connectivity index (χ1n) is 8.39. The summed E-state index contributed by atoms with van der Waals surface area (Å²) >= 11 is 0. The summed E-state index contributed by atoms with van der Waals surface area (Å²) < 4.78 is 5.77. The van der Waals surface area contributed by atoms with E-state index < -0.39 is 0 Å². The van der Waals surface area contributed by atoms with E-state index in [-0.39, 0.29) is 0 Å². The van der Waals surface area contributed by atoms with Crippen LogP contribution in [0, 0.1) is 25.2 Å². The van der Waals surface area contributed by atoms with E-state index in [0.29, 0.717) is 24.6 Å². The van der Waals surface area contributed by atoms with Crippen molar-refractivity contribution in [3.05, 3.63) is 82.8 Å². The van der Waals surface area contributed by atoms with Gasteiger partial charge in [0, 0.05) is 24.5 Å². The standard InChI is InChI=1S/C21H20N4O/c1-15-10-20(19(12-22)16(2)25-15)24-13-18-8-9-23-21(11-18)26-14-17-6-4-3-5-7-17/h3-11H,13-14H2,1-2H3,(H,24,25). The summed E-state index contributed by atoms with van der Waals surface area (Å²) in [5, 5.41) is 12.7. The quantitative estimate of drug-likeness (QED) is 0.727. The number of ether oxygens (including phenoxy) is 1. The first-order chi connectivity index (χ1) is 12.7. The molecule has 1 N–H and O–H groups in total. The van der Waals surface area contributed by atoms with Crippen molar-refractivity contribution in [2.24, 2.45) is 0 Å². The van der Waals surface area contributed by atoms with Gasteiger partial charge in [-0.15, -0.1) is 0 Å². The maximum absolute atomic E-state index is 9.35. The van der Waals surface area contributed by atoms with Gasteiger partial charge in [0.25, 0.3) is 0 Å². The first kappa shape index (κ1) is 17.4. The van der Waals surface area contributed by atoms with Crippen LogP contribution in [0.5, 0.6) is 5.88 Å². The minimum atomic E-state index is 0.478. The number of aryl methyl sites for hydroxylation is 2. The Morgan fingerprint density at radius 3 is 2.65 bits per heavy atom. The van der Waals surface area contributed by atoms with Crippen molar-refractivity contribution in [1.82, 2.24) is 9.97 Å². The van der Waals surface area contributed by atoms with Crippen LogP contribution < -0.4 is 10.1 Å². The zero-order valence-electron chi connectivity index (χ0n) is 14.9. The topological polar surface area (TPSA) is 70.8 Å². The number of nitriles is 1. The third-order valence-electron chi connectivity index (χ3n) is 3.95. The van der Waals surface area contributed by atoms with Crippen LogP contribution in [0.1, 0.15) is 28.1 Å². The molecule has 2 aromatic heterocycles. The van der Waals surface area contributed by atoms with Crippen molar-refractivity contribution in [3.8, 4) is 11.9 Å². The van der Waals surface area contributed by atoms with Crippen LogP contribution in [0.3, 0.4) is 0 Å². The van der Waals surface area contributed by atoms with Crippen LogP contribution in [-0.4, -0.2) is 9.97 Å². The van der Waals surface area contributed by atoms with Crippen LogP contribution in [0.4, 0.5) is 5.69 Å². The Hall–Kier alpha value is -3.39. The smallest absolute Gasteiger partial charge is 0.213 e. The van der Waals surface area contributed by atoms with Crippen LogP contribution in [-0.2, 0) is 13.2 Å². The largest absolute Gasteiger partial charge is 0.473 e. The molecule has 0 aliphatic carbocycles. The highest BCUT2D eigenvalue weighted by molar-refractivity contribution is 5.60.